The molecule has 1 aliphatic heterocycles. The molecule has 0 aliphatic carbocycles. The topological polar surface area (TPSA) is 84.6 Å². The molecule has 0 spiro atoms. The molecule has 0 fully saturated rings. The standard InChI is InChI=1S/C11H14ClN5O/c1-5-9(16-14-2)8(13)7-6(18)4-15-11(12)10(7)17(5)3/h4-5,13-14,18H,1-3H3/b13-8?,16-9-. The van der Waals surface area contributed by atoms with E-state index >= 15 is 0 Å². The van der Waals surface area contributed by atoms with Crippen molar-refractivity contribution >= 4 is 28.7 Å². The Balaban J connectivity index is 2.71. The molecule has 2 rings (SSSR count). The van der Waals surface area contributed by atoms with Crippen LogP contribution in [0.3, 0.4) is 0 Å². The number of hydrogen-bond acceptors (Lipinski definition) is 6. The fraction of sp³-hybridized carbons (Fsp3) is 0.364. The number of nitrogens with one attached hydrogen (secondary N) is 2. The Bertz CT molecular complexity index is 542. The summed E-state index contributed by atoms with van der Waals surface area (Å²) in [5, 5.41) is 22.4. The van der Waals surface area contributed by atoms with Crippen molar-refractivity contribution in [2.45, 2.75) is 13.0 Å². The molecule has 0 aromatic carbocycles. The quantitative estimate of drug-likeness (QED) is 0.528. The van der Waals surface area contributed by atoms with E-state index in [1.165, 1.54) is 6.20 Å². The lowest BCUT2D eigenvalue weighted by molar-refractivity contribution is 0.471. The molecular weight excluding hydrogens is 254 g/mol. The van der Waals surface area contributed by atoms with Gasteiger partial charge in [-0.05, 0) is 6.92 Å². The largest absolute Gasteiger partial charge is 0.506 e. The molecule has 0 radical (unpaired) electrons. The molecule has 1 unspecified atom stereocenters. The normalized spacial score (nSPS) is 21.1. The van der Waals surface area contributed by atoms with Crippen molar-refractivity contribution < 1.29 is 5.11 Å². The minimum Gasteiger partial charge on any atom is -0.506 e. The van der Waals surface area contributed by atoms with Crippen LogP contribution in [0.5, 0.6) is 5.75 Å². The zero-order valence-electron chi connectivity index (χ0n) is 10.3. The monoisotopic (exact) mass is 267 g/mol. The van der Waals surface area contributed by atoms with Crippen molar-refractivity contribution in [1.29, 1.82) is 5.41 Å². The molecule has 0 amide bonds. The summed E-state index contributed by atoms with van der Waals surface area (Å²) in [6, 6.07) is -0.126. The van der Waals surface area contributed by atoms with Gasteiger partial charge in [-0.25, -0.2) is 4.98 Å². The van der Waals surface area contributed by atoms with Gasteiger partial charge in [0.2, 0.25) is 0 Å². The van der Waals surface area contributed by atoms with Gasteiger partial charge in [-0.3, -0.25) is 5.41 Å². The fourth-order valence-corrected chi connectivity index (χ4v) is 2.30. The third kappa shape index (κ3) is 1.69. The van der Waals surface area contributed by atoms with E-state index in [1.54, 1.807) is 7.05 Å². The second-order valence-corrected chi connectivity index (χ2v) is 4.40. The van der Waals surface area contributed by atoms with Crippen LogP contribution in [0.25, 0.3) is 0 Å². The van der Waals surface area contributed by atoms with E-state index in [4.69, 9.17) is 17.0 Å². The maximum Gasteiger partial charge on any atom is 0.153 e. The Morgan fingerprint density at radius 3 is 2.89 bits per heavy atom. The van der Waals surface area contributed by atoms with Gasteiger partial charge in [-0.15, -0.1) is 0 Å². The van der Waals surface area contributed by atoms with Crippen LogP contribution in [0.15, 0.2) is 11.3 Å². The van der Waals surface area contributed by atoms with Crippen molar-refractivity contribution in [3.8, 4) is 5.75 Å². The number of anilines is 1. The van der Waals surface area contributed by atoms with Gasteiger partial charge in [0.15, 0.2) is 5.15 Å². The zero-order chi connectivity index (χ0) is 13.4. The highest BCUT2D eigenvalue weighted by Crippen LogP contribution is 2.38. The molecule has 96 valence electrons. The smallest absolute Gasteiger partial charge is 0.153 e. The Morgan fingerprint density at radius 2 is 2.28 bits per heavy atom. The van der Waals surface area contributed by atoms with Gasteiger partial charge in [0.1, 0.15) is 11.5 Å². The third-order valence-electron chi connectivity index (χ3n) is 3.06. The van der Waals surface area contributed by atoms with Crippen LogP contribution in [0.4, 0.5) is 5.69 Å². The number of hydrazone groups is 1. The summed E-state index contributed by atoms with van der Waals surface area (Å²) in [6.45, 7) is 1.91. The number of halogens is 1. The molecule has 0 saturated heterocycles. The van der Waals surface area contributed by atoms with Crippen molar-refractivity contribution in [3.05, 3.63) is 16.9 Å². The van der Waals surface area contributed by atoms with Gasteiger partial charge >= 0.3 is 0 Å². The van der Waals surface area contributed by atoms with E-state index < -0.39 is 0 Å². The molecule has 2 heterocycles. The Hall–Kier alpha value is -1.82. The van der Waals surface area contributed by atoms with Gasteiger partial charge in [0.25, 0.3) is 0 Å². The van der Waals surface area contributed by atoms with Crippen LogP contribution >= 0.6 is 11.6 Å². The van der Waals surface area contributed by atoms with Crippen molar-refractivity contribution in [1.82, 2.24) is 10.4 Å². The van der Waals surface area contributed by atoms with Crippen LogP contribution in [0, 0.1) is 5.41 Å². The van der Waals surface area contributed by atoms with Gasteiger partial charge in [-0.2, -0.15) is 5.10 Å². The first-order valence-corrected chi connectivity index (χ1v) is 5.80. The van der Waals surface area contributed by atoms with E-state index in [1.807, 2.05) is 18.9 Å². The maximum atomic E-state index is 9.88. The average molecular weight is 268 g/mol. The van der Waals surface area contributed by atoms with Gasteiger partial charge < -0.3 is 15.4 Å². The van der Waals surface area contributed by atoms with E-state index in [2.05, 4.69) is 15.5 Å². The van der Waals surface area contributed by atoms with Crippen LogP contribution < -0.4 is 10.3 Å². The Labute approximate surface area is 110 Å². The van der Waals surface area contributed by atoms with Gasteiger partial charge in [-0.1, -0.05) is 11.6 Å². The Kier molecular flexibility index (Phi) is 3.13. The maximum absolute atomic E-state index is 9.88. The van der Waals surface area contributed by atoms with Crippen molar-refractivity contribution in [2.75, 3.05) is 19.0 Å². The molecule has 18 heavy (non-hydrogen) atoms. The van der Waals surface area contributed by atoms with Crippen molar-refractivity contribution in [2.24, 2.45) is 5.10 Å². The molecule has 0 bridgehead atoms. The molecular formula is C11H14ClN5O. The number of hydrogen-bond donors (Lipinski definition) is 3. The molecule has 1 aromatic heterocycles. The minimum absolute atomic E-state index is 0.0676. The number of rotatable bonds is 1. The highest BCUT2D eigenvalue weighted by atomic mass is 35.5. The SMILES string of the molecule is CN/N=C1\C(=N)c2c(O)cnc(Cl)c2N(C)C1C. The minimum atomic E-state index is -0.126. The lowest BCUT2D eigenvalue weighted by Gasteiger charge is -2.35. The van der Waals surface area contributed by atoms with Crippen LogP contribution in [0.2, 0.25) is 5.15 Å². The molecule has 7 heteroatoms. The van der Waals surface area contributed by atoms with Gasteiger partial charge in [0.05, 0.1) is 29.2 Å². The van der Waals surface area contributed by atoms with E-state index in [0.717, 1.165) is 0 Å². The first-order chi connectivity index (χ1) is 8.49. The van der Waals surface area contributed by atoms with Crippen LogP contribution in [0.1, 0.15) is 12.5 Å². The predicted octanol–water partition coefficient (Wildman–Crippen LogP) is 1.22. The van der Waals surface area contributed by atoms with Gasteiger partial charge in [0, 0.05) is 14.1 Å². The number of nitrogens with zero attached hydrogens (tertiary/aromatic N) is 3. The number of pyridine rings is 1. The molecule has 0 saturated carbocycles. The van der Waals surface area contributed by atoms with E-state index in [0.29, 0.717) is 17.0 Å². The predicted molar refractivity (Wildman–Crippen MR) is 72.1 cm³/mol. The zero-order valence-corrected chi connectivity index (χ0v) is 11.1. The summed E-state index contributed by atoms with van der Waals surface area (Å²) in [6.07, 6.45) is 1.25. The van der Waals surface area contributed by atoms with E-state index in [-0.39, 0.29) is 22.7 Å². The summed E-state index contributed by atoms with van der Waals surface area (Å²) in [5.74, 6) is -0.0676. The number of aromatic hydroxyl groups is 1. The molecule has 1 aromatic rings. The lowest BCUT2D eigenvalue weighted by Crippen LogP contribution is -2.46. The highest BCUT2D eigenvalue weighted by molar-refractivity contribution is 6.52. The summed E-state index contributed by atoms with van der Waals surface area (Å²) >= 11 is 6.05. The molecule has 1 atom stereocenters. The third-order valence-corrected chi connectivity index (χ3v) is 3.33. The molecule has 6 nitrogen and oxygen atoms in total. The highest BCUT2D eigenvalue weighted by Gasteiger charge is 2.34. The van der Waals surface area contributed by atoms with Crippen LogP contribution in [-0.4, -0.2) is 41.7 Å². The van der Waals surface area contributed by atoms with Crippen molar-refractivity contribution in [3.63, 3.8) is 0 Å². The van der Waals surface area contributed by atoms with Crippen LogP contribution in [-0.2, 0) is 0 Å². The summed E-state index contributed by atoms with van der Waals surface area (Å²) in [5.41, 5.74) is 4.30. The second kappa shape index (κ2) is 4.45. The summed E-state index contributed by atoms with van der Waals surface area (Å²) < 4.78 is 0. The first-order valence-electron chi connectivity index (χ1n) is 5.43. The first kappa shape index (κ1) is 12.6. The lowest BCUT2D eigenvalue weighted by atomic mass is 9.94. The molecule has 3 N–H and O–H groups in total. The summed E-state index contributed by atoms with van der Waals surface area (Å²) in [4.78, 5) is 5.75. The molecule has 1 aliphatic rings. The Morgan fingerprint density at radius 1 is 1.61 bits per heavy atom. The average Bonchev–Trinajstić information content (AvgIpc) is 2.34. The second-order valence-electron chi connectivity index (χ2n) is 4.04. The fourth-order valence-electron chi connectivity index (χ4n) is 2.02. The van der Waals surface area contributed by atoms with E-state index in [9.17, 15) is 5.11 Å². The number of aromatic nitrogens is 1. The summed E-state index contributed by atoms with van der Waals surface area (Å²) in [7, 11) is 3.50. The number of fused-ring (bicyclic) bond motifs is 1.